The first-order chi connectivity index (χ1) is 11.3. The number of carbonyl (C=O) groups is 2. The van der Waals surface area contributed by atoms with Crippen LogP contribution in [-0.4, -0.2) is 54.4 Å². The van der Waals surface area contributed by atoms with E-state index in [4.69, 9.17) is 16.4 Å². The third-order valence-electron chi connectivity index (χ3n) is 5.61. The fourth-order valence-electron chi connectivity index (χ4n) is 3.96. The molecule has 130 valence electrons. The SMILES string of the molecule is CON1CCC2(CC1)C(=O)C(c1cc(C)c(Cl)cc1C)C(=O)N2C. The zero-order chi connectivity index (χ0) is 17.6. The lowest BCUT2D eigenvalue weighted by Crippen LogP contribution is -2.54. The average Bonchev–Trinajstić information content (AvgIpc) is 2.74. The van der Waals surface area contributed by atoms with Crippen molar-refractivity contribution >= 4 is 23.3 Å². The summed E-state index contributed by atoms with van der Waals surface area (Å²) in [6.07, 6.45) is 1.20. The minimum Gasteiger partial charge on any atom is -0.332 e. The van der Waals surface area contributed by atoms with E-state index in [1.807, 2.05) is 31.0 Å². The van der Waals surface area contributed by atoms with Crippen LogP contribution in [0, 0.1) is 13.8 Å². The summed E-state index contributed by atoms with van der Waals surface area (Å²) in [4.78, 5) is 33.1. The molecule has 1 amide bonds. The van der Waals surface area contributed by atoms with E-state index in [0.717, 1.165) is 16.7 Å². The third-order valence-corrected chi connectivity index (χ3v) is 6.01. The van der Waals surface area contributed by atoms with Crippen LogP contribution in [-0.2, 0) is 14.4 Å². The van der Waals surface area contributed by atoms with Gasteiger partial charge in [0.15, 0.2) is 5.78 Å². The molecule has 0 N–H and O–H groups in total. The monoisotopic (exact) mass is 350 g/mol. The summed E-state index contributed by atoms with van der Waals surface area (Å²) < 4.78 is 0. The summed E-state index contributed by atoms with van der Waals surface area (Å²) in [6.45, 7) is 5.09. The molecule has 1 aromatic rings. The maximum Gasteiger partial charge on any atom is 0.238 e. The molecule has 2 fully saturated rings. The number of hydrogen-bond donors (Lipinski definition) is 0. The topological polar surface area (TPSA) is 49.9 Å². The summed E-state index contributed by atoms with van der Waals surface area (Å²) in [7, 11) is 3.38. The van der Waals surface area contributed by atoms with Gasteiger partial charge in [-0.15, -0.1) is 0 Å². The molecule has 1 unspecified atom stereocenters. The molecule has 0 aliphatic carbocycles. The van der Waals surface area contributed by atoms with Gasteiger partial charge in [-0.2, -0.15) is 5.06 Å². The molecular formula is C18H23ClN2O3. The number of amides is 1. The lowest BCUT2D eigenvalue weighted by molar-refractivity contribution is -0.165. The van der Waals surface area contributed by atoms with E-state index in [2.05, 4.69) is 0 Å². The predicted octanol–water partition coefficient (Wildman–Crippen LogP) is 2.48. The van der Waals surface area contributed by atoms with Crippen molar-refractivity contribution < 1.29 is 14.4 Å². The van der Waals surface area contributed by atoms with Crippen molar-refractivity contribution in [1.82, 2.24) is 9.96 Å². The van der Waals surface area contributed by atoms with E-state index in [0.29, 0.717) is 31.0 Å². The first-order valence-corrected chi connectivity index (χ1v) is 8.57. The Kier molecular flexibility index (Phi) is 4.45. The molecule has 3 rings (SSSR count). The summed E-state index contributed by atoms with van der Waals surface area (Å²) in [5, 5.41) is 2.49. The first-order valence-electron chi connectivity index (χ1n) is 8.19. The Bertz CT molecular complexity index is 696. The molecule has 2 heterocycles. The molecule has 1 spiro atoms. The summed E-state index contributed by atoms with van der Waals surface area (Å²) in [5.41, 5.74) is 1.84. The second kappa shape index (κ2) is 6.14. The van der Waals surface area contributed by atoms with Crippen molar-refractivity contribution in [3.05, 3.63) is 33.8 Å². The quantitative estimate of drug-likeness (QED) is 0.769. The van der Waals surface area contributed by atoms with Gasteiger partial charge in [-0.3, -0.25) is 9.59 Å². The van der Waals surface area contributed by atoms with Crippen molar-refractivity contribution in [3.63, 3.8) is 0 Å². The van der Waals surface area contributed by atoms with Gasteiger partial charge in [0.25, 0.3) is 0 Å². The molecular weight excluding hydrogens is 328 g/mol. The number of hydroxylamine groups is 2. The highest BCUT2D eigenvalue weighted by atomic mass is 35.5. The minimum atomic E-state index is -0.722. The fraction of sp³-hybridized carbons (Fsp3) is 0.556. The Morgan fingerprint density at radius 1 is 1.17 bits per heavy atom. The highest BCUT2D eigenvalue weighted by molar-refractivity contribution is 6.31. The summed E-state index contributed by atoms with van der Waals surface area (Å²) in [6, 6.07) is 3.72. The Morgan fingerprint density at radius 3 is 2.38 bits per heavy atom. The molecule has 2 saturated heterocycles. The molecule has 24 heavy (non-hydrogen) atoms. The second-order valence-corrected chi connectivity index (χ2v) is 7.20. The molecule has 2 aliphatic heterocycles. The molecule has 0 bridgehead atoms. The summed E-state index contributed by atoms with van der Waals surface area (Å²) in [5.74, 6) is -0.827. The zero-order valence-corrected chi connectivity index (χ0v) is 15.3. The standard InChI is InChI=1S/C18H23ClN2O3/c1-11-10-14(19)12(2)9-13(11)15-16(22)18(20(3)17(15)23)5-7-21(24-4)8-6-18/h9-10,15H,5-8H2,1-4H3. The number of piperidine rings is 1. The number of benzene rings is 1. The van der Waals surface area contributed by atoms with Crippen LogP contribution < -0.4 is 0 Å². The summed E-state index contributed by atoms with van der Waals surface area (Å²) >= 11 is 6.17. The van der Waals surface area contributed by atoms with E-state index in [9.17, 15) is 9.59 Å². The third kappa shape index (κ3) is 2.46. The van der Waals surface area contributed by atoms with Crippen LogP contribution in [0.3, 0.4) is 0 Å². The maximum absolute atomic E-state index is 13.3. The lowest BCUT2D eigenvalue weighted by Gasteiger charge is -2.41. The van der Waals surface area contributed by atoms with Gasteiger partial charge in [-0.05, 0) is 49.4 Å². The van der Waals surface area contributed by atoms with Gasteiger partial charge in [0.2, 0.25) is 5.91 Å². The Hall–Kier alpha value is -1.43. The number of likely N-dealkylation sites (tertiary alicyclic amines) is 1. The van der Waals surface area contributed by atoms with Gasteiger partial charge in [0.05, 0.1) is 7.11 Å². The number of halogens is 1. The second-order valence-electron chi connectivity index (χ2n) is 6.80. The Morgan fingerprint density at radius 2 is 1.79 bits per heavy atom. The smallest absolute Gasteiger partial charge is 0.238 e. The zero-order valence-electron chi connectivity index (χ0n) is 14.6. The van der Waals surface area contributed by atoms with E-state index in [-0.39, 0.29) is 11.7 Å². The fourth-order valence-corrected chi connectivity index (χ4v) is 4.18. The Balaban J connectivity index is 1.99. The Labute approximate surface area is 147 Å². The van der Waals surface area contributed by atoms with Crippen molar-refractivity contribution in [2.45, 2.75) is 38.1 Å². The molecule has 0 saturated carbocycles. The van der Waals surface area contributed by atoms with Crippen LogP contribution >= 0.6 is 11.6 Å². The van der Waals surface area contributed by atoms with Gasteiger partial charge in [-0.1, -0.05) is 17.7 Å². The number of likely N-dealkylation sites (N-methyl/N-ethyl adjacent to an activating group) is 1. The molecule has 6 heteroatoms. The maximum atomic E-state index is 13.3. The van der Waals surface area contributed by atoms with Crippen LogP contribution in [0.15, 0.2) is 12.1 Å². The number of hydrogen-bond acceptors (Lipinski definition) is 4. The number of Topliss-reactive ketones (excluding diaryl/α,β-unsaturated/α-hetero) is 1. The van der Waals surface area contributed by atoms with Crippen LogP contribution in [0.25, 0.3) is 0 Å². The first kappa shape index (κ1) is 17.4. The average molecular weight is 351 g/mol. The molecule has 1 atom stereocenters. The number of carbonyl (C=O) groups excluding carboxylic acids is 2. The number of nitrogens with zero attached hydrogens (tertiary/aromatic N) is 2. The molecule has 5 nitrogen and oxygen atoms in total. The minimum absolute atomic E-state index is 0.00979. The van der Waals surface area contributed by atoms with Crippen LogP contribution in [0.1, 0.15) is 35.4 Å². The van der Waals surface area contributed by atoms with Gasteiger partial charge in [0, 0.05) is 25.2 Å². The number of ketones is 1. The normalized spacial score (nSPS) is 24.2. The van der Waals surface area contributed by atoms with Gasteiger partial charge >= 0.3 is 0 Å². The van der Waals surface area contributed by atoms with E-state index in [1.54, 1.807) is 19.1 Å². The van der Waals surface area contributed by atoms with Crippen LogP contribution in [0.2, 0.25) is 5.02 Å². The number of rotatable bonds is 2. The van der Waals surface area contributed by atoms with E-state index in [1.165, 1.54) is 0 Å². The molecule has 1 aromatic carbocycles. The van der Waals surface area contributed by atoms with Crippen molar-refractivity contribution in [2.75, 3.05) is 27.2 Å². The highest BCUT2D eigenvalue weighted by Crippen LogP contribution is 2.43. The highest BCUT2D eigenvalue weighted by Gasteiger charge is 2.58. The van der Waals surface area contributed by atoms with Crippen molar-refractivity contribution in [2.24, 2.45) is 0 Å². The van der Waals surface area contributed by atoms with Crippen LogP contribution in [0.5, 0.6) is 0 Å². The molecule has 2 aliphatic rings. The van der Waals surface area contributed by atoms with Crippen molar-refractivity contribution in [3.8, 4) is 0 Å². The predicted molar refractivity (Wildman–Crippen MR) is 92.0 cm³/mol. The molecule has 0 radical (unpaired) electrons. The van der Waals surface area contributed by atoms with Gasteiger partial charge in [-0.25, -0.2) is 0 Å². The van der Waals surface area contributed by atoms with Crippen molar-refractivity contribution in [1.29, 1.82) is 0 Å². The molecule has 0 aromatic heterocycles. The van der Waals surface area contributed by atoms with Gasteiger partial charge < -0.3 is 9.74 Å². The number of aryl methyl sites for hydroxylation is 2. The van der Waals surface area contributed by atoms with Gasteiger partial charge in [0.1, 0.15) is 11.5 Å². The largest absolute Gasteiger partial charge is 0.332 e. The van der Waals surface area contributed by atoms with E-state index >= 15 is 0 Å². The lowest BCUT2D eigenvalue weighted by atomic mass is 9.79. The van der Waals surface area contributed by atoms with E-state index < -0.39 is 11.5 Å². The van der Waals surface area contributed by atoms with Crippen LogP contribution in [0.4, 0.5) is 0 Å².